The van der Waals surface area contributed by atoms with Crippen molar-refractivity contribution in [2.45, 2.75) is 32.7 Å². The number of carbonyl (C=O) groups is 1. The smallest absolute Gasteiger partial charge is 0.303 e. The minimum atomic E-state index is -0.967. The molecule has 0 bridgehead atoms. The summed E-state index contributed by atoms with van der Waals surface area (Å²) in [5.74, 6) is -1.53. The van der Waals surface area contributed by atoms with Crippen LogP contribution in [-0.4, -0.2) is 22.6 Å². The Hall–Kier alpha value is -2.71. The molecule has 1 aromatic heterocycles. The third-order valence-electron chi connectivity index (χ3n) is 5.15. The van der Waals surface area contributed by atoms with E-state index in [2.05, 4.69) is 4.98 Å². The highest BCUT2D eigenvalue weighted by Gasteiger charge is 2.25. The Balaban J connectivity index is 1.59. The van der Waals surface area contributed by atoms with Crippen LogP contribution in [0.3, 0.4) is 0 Å². The monoisotopic (exact) mass is 464 g/mol. The molecule has 0 fully saturated rings. The van der Waals surface area contributed by atoms with Gasteiger partial charge < -0.3 is 14.7 Å². The van der Waals surface area contributed by atoms with Crippen molar-refractivity contribution in [1.82, 2.24) is 4.98 Å². The molecule has 0 saturated heterocycles. The SMILES string of the molecule is Cc1cnc(Oc2cc(Cl)c(F)c(N3CCc4c(ccc(CCC(=O)O)c4F)C3)c2)s1. The van der Waals surface area contributed by atoms with Crippen LogP contribution in [0.2, 0.25) is 5.02 Å². The van der Waals surface area contributed by atoms with Crippen molar-refractivity contribution in [2.24, 2.45) is 0 Å². The first-order valence-electron chi connectivity index (χ1n) is 9.67. The lowest BCUT2D eigenvalue weighted by molar-refractivity contribution is -0.136. The van der Waals surface area contributed by atoms with Gasteiger partial charge in [-0.15, -0.1) is 0 Å². The number of ether oxygens (including phenoxy) is 1. The van der Waals surface area contributed by atoms with Crippen LogP contribution in [0.5, 0.6) is 10.9 Å². The first-order chi connectivity index (χ1) is 14.8. The van der Waals surface area contributed by atoms with E-state index in [1.165, 1.54) is 17.4 Å². The molecule has 162 valence electrons. The fourth-order valence-electron chi connectivity index (χ4n) is 3.62. The van der Waals surface area contributed by atoms with E-state index in [9.17, 15) is 13.6 Å². The summed E-state index contributed by atoms with van der Waals surface area (Å²) in [4.78, 5) is 17.7. The molecule has 2 heterocycles. The number of carboxylic acids is 1. The molecule has 0 saturated carbocycles. The summed E-state index contributed by atoms with van der Waals surface area (Å²) >= 11 is 7.48. The number of aliphatic carboxylic acids is 1. The number of thiazole rings is 1. The maximum Gasteiger partial charge on any atom is 0.303 e. The molecule has 1 aliphatic heterocycles. The lowest BCUT2D eigenvalue weighted by atomic mass is 9.94. The lowest BCUT2D eigenvalue weighted by Gasteiger charge is -2.32. The second-order valence-corrected chi connectivity index (χ2v) is 8.92. The molecule has 9 heteroatoms. The molecule has 1 N–H and O–H groups in total. The first kappa shape index (κ1) is 21.5. The van der Waals surface area contributed by atoms with E-state index in [-0.39, 0.29) is 29.4 Å². The van der Waals surface area contributed by atoms with Gasteiger partial charge in [0.05, 0.1) is 10.7 Å². The van der Waals surface area contributed by atoms with E-state index < -0.39 is 11.8 Å². The summed E-state index contributed by atoms with van der Waals surface area (Å²) in [6.45, 7) is 2.60. The number of fused-ring (bicyclic) bond motifs is 1. The third kappa shape index (κ3) is 4.65. The van der Waals surface area contributed by atoms with Crippen molar-refractivity contribution >= 4 is 34.6 Å². The number of benzene rings is 2. The number of aryl methyl sites for hydroxylation is 2. The molecule has 0 spiro atoms. The van der Waals surface area contributed by atoms with Crippen LogP contribution in [0.1, 0.15) is 28.0 Å². The van der Waals surface area contributed by atoms with Gasteiger partial charge in [0.2, 0.25) is 0 Å². The predicted molar refractivity (Wildman–Crippen MR) is 115 cm³/mol. The van der Waals surface area contributed by atoms with E-state index in [1.54, 1.807) is 29.3 Å². The maximum atomic E-state index is 14.9. The minimum Gasteiger partial charge on any atom is -0.481 e. The molecule has 0 unspecified atom stereocenters. The van der Waals surface area contributed by atoms with Crippen LogP contribution < -0.4 is 9.64 Å². The summed E-state index contributed by atoms with van der Waals surface area (Å²) in [5.41, 5.74) is 1.95. The topological polar surface area (TPSA) is 62.7 Å². The molecule has 5 nitrogen and oxygen atoms in total. The molecule has 0 amide bonds. The van der Waals surface area contributed by atoms with Crippen LogP contribution in [-0.2, 0) is 24.2 Å². The highest BCUT2D eigenvalue weighted by Crippen LogP contribution is 2.37. The van der Waals surface area contributed by atoms with Crippen molar-refractivity contribution in [3.05, 3.63) is 68.7 Å². The summed E-state index contributed by atoms with van der Waals surface area (Å²) in [6, 6.07) is 6.36. The van der Waals surface area contributed by atoms with Crippen LogP contribution in [0.25, 0.3) is 0 Å². The Morgan fingerprint density at radius 3 is 2.84 bits per heavy atom. The van der Waals surface area contributed by atoms with Crippen molar-refractivity contribution in [3.63, 3.8) is 0 Å². The van der Waals surface area contributed by atoms with Gasteiger partial charge >= 0.3 is 5.97 Å². The Kier molecular flexibility index (Phi) is 6.11. The number of rotatable bonds is 6. The number of carboxylic acid groups (broad SMARTS) is 1. The van der Waals surface area contributed by atoms with Gasteiger partial charge in [0, 0.05) is 42.7 Å². The Morgan fingerprint density at radius 2 is 2.13 bits per heavy atom. The second-order valence-electron chi connectivity index (χ2n) is 7.32. The summed E-state index contributed by atoms with van der Waals surface area (Å²) in [6.07, 6.45) is 2.07. The van der Waals surface area contributed by atoms with Crippen molar-refractivity contribution in [1.29, 1.82) is 0 Å². The average molecular weight is 465 g/mol. The van der Waals surface area contributed by atoms with Gasteiger partial charge in [0.15, 0.2) is 5.82 Å². The zero-order valence-electron chi connectivity index (χ0n) is 16.6. The average Bonchev–Trinajstić information content (AvgIpc) is 3.14. The number of hydrogen-bond donors (Lipinski definition) is 1. The van der Waals surface area contributed by atoms with Gasteiger partial charge in [-0.3, -0.25) is 4.79 Å². The number of anilines is 1. The maximum absolute atomic E-state index is 14.9. The first-order valence-corrected chi connectivity index (χ1v) is 10.9. The number of nitrogens with zero attached hydrogens (tertiary/aromatic N) is 2. The zero-order chi connectivity index (χ0) is 22.1. The number of aromatic nitrogens is 1. The van der Waals surface area contributed by atoms with Gasteiger partial charge in [-0.25, -0.2) is 13.8 Å². The molecule has 0 atom stereocenters. The molecule has 2 aromatic carbocycles. The van der Waals surface area contributed by atoms with E-state index >= 15 is 0 Å². The molecule has 31 heavy (non-hydrogen) atoms. The van der Waals surface area contributed by atoms with Crippen LogP contribution >= 0.6 is 22.9 Å². The Bertz CT molecular complexity index is 1150. The van der Waals surface area contributed by atoms with Crippen LogP contribution in [0.15, 0.2) is 30.5 Å². The van der Waals surface area contributed by atoms with Crippen LogP contribution in [0, 0.1) is 18.6 Å². The fraction of sp³-hybridized carbons (Fsp3) is 0.273. The molecule has 4 rings (SSSR count). The highest BCUT2D eigenvalue weighted by atomic mass is 35.5. The van der Waals surface area contributed by atoms with Crippen LogP contribution in [0.4, 0.5) is 14.5 Å². The van der Waals surface area contributed by atoms with Crippen molar-refractivity contribution in [2.75, 3.05) is 11.4 Å². The summed E-state index contributed by atoms with van der Waals surface area (Å²) in [5, 5.41) is 9.21. The predicted octanol–water partition coefficient (Wildman–Crippen LogP) is 5.76. The van der Waals surface area contributed by atoms with Gasteiger partial charge in [0.25, 0.3) is 5.19 Å². The Labute approximate surface area is 186 Å². The zero-order valence-corrected chi connectivity index (χ0v) is 18.2. The normalized spacial score (nSPS) is 13.2. The minimum absolute atomic E-state index is 0.0678. The van der Waals surface area contributed by atoms with Crippen molar-refractivity contribution in [3.8, 4) is 10.9 Å². The van der Waals surface area contributed by atoms with Gasteiger partial charge in [-0.2, -0.15) is 0 Å². The summed E-state index contributed by atoms with van der Waals surface area (Å²) < 4.78 is 35.4. The Morgan fingerprint density at radius 1 is 1.32 bits per heavy atom. The van der Waals surface area contributed by atoms with Gasteiger partial charge in [0.1, 0.15) is 11.6 Å². The van der Waals surface area contributed by atoms with Crippen molar-refractivity contribution < 1.29 is 23.4 Å². The van der Waals surface area contributed by atoms with E-state index in [1.807, 2.05) is 6.92 Å². The third-order valence-corrected chi connectivity index (χ3v) is 6.22. The van der Waals surface area contributed by atoms with E-state index in [0.717, 1.165) is 10.4 Å². The molecule has 0 radical (unpaired) electrons. The molecule has 1 aliphatic rings. The van der Waals surface area contributed by atoms with E-state index in [4.69, 9.17) is 21.4 Å². The molecular formula is C22H19ClF2N2O3S. The van der Waals surface area contributed by atoms with Gasteiger partial charge in [-0.05, 0) is 36.5 Å². The van der Waals surface area contributed by atoms with Gasteiger partial charge in [-0.1, -0.05) is 35.1 Å². The fourth-order valence-corrected chi connectivity index (χ4v) is 4.45. The largest absolute Gasteiger partial charge is 0.481 e. The standard InChI is InChI=1S/C22H19ClF2N2O3S/c1-12-10-26-22(31-12)30-15-8-17(23)21(25)18(9-15)27-7-6-16-14(11-27)3-2-13(20(16)24)4-5-19(28)29/h2-3,8-10H,4-7,11H2,1H3,(H,28,29). The quantitative estimate of drug-likeness (QED) is 0.503. The summed E-state index contributed by atoms with van der Waals surface area (Å²) in [7, 11) is 0. The molecule has 3 aromatic rings. The van der Waals surface area contributed by atoms with E-state index in [0.29, 0.717) is 41.6 Å². The molecular weight excluding hydrogens is 446 g/mol. The molecule has 0 aliphatic carbocycles. The lowest BCUT2D eigenvalue weighted by Crippen LogP contribution is -2.32. The number of hydrogen-bond acceptors (Lipinski definition) is 5. The number of halogens is 3. The second kappa shape index (κ2) is 8.80. The highest BCUT2D eigenvalue weighted by molar-refractivity contribution is 7.13.